The van der Waals surface area contributed by atoms with E-state index in [1.54, 1.807) is 0 Å². The molecule has 0 N–H and O–H groups in total. The molecule has 0 bridgehead atoms. The van der Waals surface area contributed by atoms with Crippen molar-refractivity contribution < 1.29 is 34.8 Å². The summed E-state index contributed by atoms with van der Waals surface area (Å²) >= 11 is 0. The molecule has 220 valence electrons. The number of hydrogen-bond donors (Lipinski definition) is 0. The zero-order valence-corrected chi connectivity index (χ0v) is 26.9. The van der Waals surface area contributed by atoms with Crippen LogP contribution in [0.5, 0.6) is 11.5 Å². The second-order valence-electron chi connectivity index (χ2n) is 11.9. The van der Waals surface area contributed by atoms with Crippen molar-refractivity contribution in [2.24, 2.45) is 7.05 Å². The molecule has 0 atom stereocenters. The molecular formula is C37H28N4O2Pt-2. The van der Waals surface area contributed by atoms with Crippen molar-refractivity contribution in [3.63, 3.8) is 0 Å². The van der Waals surface area contributed by atoms with Crippen molar-refractivity contribution >= 4 is 43.7 Å². The fourth-order valence-electron chi connectivity index (χ4n) is 5.75. The first kappa shape index (κ1) is 28.1. The molecule has 0 saturated heterocycles. The maximum atomic E-state index is 6.59. The summed E-state index contributed by atoms with van der Waals surface area (Å²) in [7, 11) is 1.94. The van der Waals surface area contributed by atoms with Gasteiger partial charge in [-0.25, -0.2) is 4.98 Å². The predicted octanol–water partition coefficient (Wildman–Crippen LogP) is 8.18. The van der Waals surface area contributed by atoms with Crippen molar-refractivity contribution in [1.29, 1.82) is 0 Å². The minimum atomic E-state index is -0.0125. The van der Waals surface area contributed by atoms with Crippen LogP contribution in [-0.4, -0.2) is 14.1 Å². The van der Waals surface area contributed by atoms with Crippen molar-refractivity contribution in [3.8, 4) is 23.0 Å². The third kappa shape index (κ3) is 4.61. The van der Waals surface area contributed by atoms with Crippen LogP contribution in [0.25, 0.3) is 55.2 Å². The molecular weight excluding hydrogens is 728 g/mol. The zero-order chi connectivity index (χ0) is 29.3. The van der Waals surface area contributed by atoms with Crippen LogP contribution in [0.3, 0.4) is 0 Å². The molecule has 0 amide bonds. The summed E-state index contributed by atoms with van der Waals surface area (Å²) in [4.78, 5) is 4.79. The number of aryl methyl sites for hydroxylation is 1. The number of fused-ring (bicyclic) bond motifs is 6. The minimum Gasteiger partial charge on any atom is -0.512 e. The van der Waals surface area contributed by atoms with E-state index in [9.17, 15) is 0 Å². The standard InChI is InChI=1S/C37H28N4O2.Pt/c1-37(2,3)24-15-16-38-35(19-24)41-31-11-7-5-9-27(31)28-14-13-26(22-32(28)41)42-34-21-25(40-18-17-39(4)23-40)20-30-29-10-6-8-12-33(29)43-36(30)34;/h5-20H,1-4H3;/q-2;. The second-order valence-corrected chi connectivity index (χ2v) is 11.9. The smallest absolute Gasteiger partial charge is 0.241 e. The molecule has 8 rings (SSSR count). The number of hydrogen-bond acceptors (Lipinski definition) is 3. The van der Waals surface area contributed by atoms with Crippen molar-refractivity contribution in [2.75, 3.05) is 0 Å². The normalized spacial score (nSPS) is 11.9. The molecule has 4 aromatic carbocycles. The number of rotatable bonds is 4. The van der Waals surface area contributed by atoms with Gasteiger partial charge in [-0.3, -0.25) is 0 Å². The van der Waals surface area contributed by atoms with E-state index < -0.39 is 0 Å². The third-order valence-corrected chi connectivity index (χ3v) is 7.94. The molecule has 0 aliphatic rings. The Bertz CT molecular complexity index is 2340. The Labute approximate surface area is 269 Å². The Morgan fingerprint density at radius 1 is 0.864 bits per heavy atom. The van der Waals surface area contributed by atoms with Gasteiger partial charge in [-0.1, -0.05) is 73.8 Å². The molecule has 0 saturated carbocycles. The summed E-state index contributed by atoms with van der Waals surface area (Å²) in [6.07, 6.45) is 9.03. The van der Waals surface area contributed by atoms with E-state index in [1.165, 1.54) is 5.56 Å². The Morgan fingerprint density at radius 3 is 2.45 bits per heavy atom. The van der Waals surface area contributed by atoms with E-state index in [-0.39, 0.29) is 26.5 Å². The molecule has 44 heavy (non-hydrogen) atoms. The molecule has 0 aliphatic carbocycles. The topological polar surface area (TPSA) is 49.0 Å². The summed E-state index contributed by atoms with van der Waals surface area (Å²) in [5, 5.41) is 4.17. The summed E-state index contributed by atoms with van der Waals surface area (Å²) in [5.41, 5.74) is 5.38. The van der Waals surface area contributed by atoms with Crippen molar-refractivity contribution in [3.05, 3.63) is 121 Å². The fourth-order valence-corrected chi connectivity index (χ4v) is 5.75. The maximum absolute atomic E-state index is 6.59. The maximum Gasteiger partial charge on any atom is 0.241 e. The number of para-hydroxylation sites is 2. The van der Waals surface area contributed by atoms with Crippen LogP contribution in [0.1, 0.15) is 26.3 Å². The Kier molecular flexibility index (Phi) is 6.71. The number of nitrogens with zero attached hydrogens (tertiary/aromatic N) is 4. The van der Waals surface area contributed by atoms with Gasteiger partial charge >= 0.3 is 0 Å². The number of pyridine rings is 1. The number of aromatic nitrogens is 4. The van der Waals surface area contributed by atoms with Gasteiger partial charge in [-0.2, -0.15) is 12.1 Å². The van der Waals surface area contributed by atoms with Crippen LogP contribution in [-0.2, 0) is 33.5 Å². The first-order valence-electron chi connectivity index (χ1n) is 14.3. The van der Waals surface area contributed by atoms with Gasteiger partial charge in [0.25, 0.3) is 0 Å². The first-order chi connectivity index (χ1) is 20.8. The molecule has 6 nitrogen and oxygen atoms in total. The number of benzene rings is 4. The van der Waals surface area contributed by atoms with Gasteiger partial charge in [0.1, 0.15) is 11.4 Å². The summed E-state index contributed by atoms with van der Waals surface area (Å²) < 4.78 is 18.8. The summed E-state index contributed by atoms with van der Waals surface area (Å²) in [6.45, 7) is 6.64. The molecule has 8 aromatic rings. The molecule has 7 heteroatoms. The Balaban J connectivity index is 0.00000312. The number of ether oxygens (including phenoxy) is 1. The molecule has 0 radical (unpaired) electrons. The van der Waals surface area contributed by atoms with Crippen LogP contribution in [0.15, 0.2) is 102 Å². The van der Waals surface area contributed by atoms with E-state index >= 15 is 0 Å². The van der Waals surface area contributed by atoms with E-state index in [0.29, 0.717) is 17.1 Å². The van der Waals surface area contributed by atoms with Gasteiger partial charge in [0.05, 0.1) is 12.6 Å². The SMILES string of the molecule is C[n+]1[c-]n(-c2[c-]c(Oc3[c-]c4c(cc3)c3ccccc3n4-c3cc(C(C)(C)C)ccn3)c3oc4ccccc4c3c2)cc1.[Pt]. The van der Waals surface area contributed by atoms with E-state index in [1.807, 2.05) is 59.0 Å². The van der Waals surface area contributed by atoms with Gasteiger partial charge in [0.15, 0.2) is 0 Å². The molecule has 0 aliphatic heterocycles. The van der Waals surface area contributed by atoms with E-state index in [4.69, 9.17) is 14.1 Å². The molecule has 4 heterocycles. The third-order valence-electron chi connectivity index (χ3n) is 7.94. The quantitative estimate of drug-likeness (QED) is 0.135. The van der Waals surface area contributed by atoms with Crippen molar-refractivity contribution in [2.45, 2.75) is 26.2 Å². The summed E-state index contributed by atoms with van der Waals surface area (Å²) in [6, 6.07) is 33.7. The average molecular weight is 756 g/mol. The zero-order valence-electron chi connectivity index (χ0n) is 24.7. The van der Waals surface area contributed by atoms with Crippen LogP contribution in [0, 0.1) is 18.5 Å². The van der Waals surface area contributed by atoms with E-state index in [2.05, 4.69) is 98.4 Å². The van der Waals surface area contributed by atoms with Gasteiger partial charge in [-0.05, 0) is 40.6 Å². The number of furan rings is 1. The van der Waals surface area contributed by atoms with E-state index in [0.717, 1.165) is 49.7 Å². The summed E-state index contributed by atoms with van der Waals surface area (Å²) in [5.74, 6) is 1.89. The molecule has 4 aromatic heterocycles. The van der Waals surface area contributed by atoms with Gasteiger partial charge in [0, 0.05) is 62.1 Å². The minimum absolute atomic E-state index is 0. The predicted molar refractivity (Wildman–Crippen MR) is 168 cm³/mol. The largest absolute Gasteiger partial charge is 0.512 e. The van der Waals surface area contributed by atoms with Crippen molar-refractivity contribution in [1.82, 2.24) is 14.1 Å². The van der Waals surface area contributed by atoms with Crippen LogP contribution in [0.4, 0.5) is 0 Å². The van der Waals surface area contributed by atoms with Gasteiger partial charge < -0.3 is 22.9 Å². The van der Waals surface area contributed by atoms with Crippen LogP contribution in [0.2, 0.25) is 0 Å². The van der Waals surface area contributed by atoms with Gasteiger partial charge in [-0.15, -0.1) is 23.6 Å². The Morgan fingerprint density at radius 2 is 1.66 bits per heavy atom. The first-order valence-corrected chi connectivity index (χ1v) is 14.3. The molecule has 0 spiro atoms. The van der Waals surface area contributed by atoms with Crippen LogP contribution >= 0.6 is 0 Å². The fraction of sp³-hybridized carbons (Fsp3) is 0.135. The Hall–Kier alpha value is -4.67. The number of imidazole rings is 1. The average Bonchev–Trinajstić information content (AvgIpc) is 3.70. The molecule has 0 fully saturated rings. The van der Waals surface area contributed by atoms with Crippen LogP contribution < -0.4 is 9.30 Å². The monoisotopic (exact) mass is 755 g/mol. The van der Waals surface area contributed by atoms with Gasteiger partial charge in [0.2, 0.25) is 6.33 Å². The molecule has 0 unspecified atom stereocenters. The second kappa shape index (κ2) is 10.5.